The molecule has 0 aliphatic carbocycles. The first-order valence-electron chi connectivity index (χ1n) is 9.29. The van der Waals surface area contributed by atoms with Gasteiger partial charge in [-0.1, -0.05) is 42.5 Å². The van der Waals surface area contributed by atoms with Gasteiger partial charge in [-0.15, -0.1) is 0 Å². The molecular weight excluding hydrogens is 448 g/mol. The highest BCUT2D eigenvalue weighted by atomic mass is 79.9. The van der Waals surface area contributed by atoms with E-state index in [-0.39, 0.29) is 5.91 Å². The lowest BCUT2D eigenvalue weighted by Gasteiger charge is -2.10. The van der Waals surface area contributed by atoms with Crippen molar-refractivity contribution in [2.75, 3.05) is 6.54 Å². The number of amides is 1. The smallest absolute Gasteiger partial charge is 0.276 e. The number of likely N-dealkylation sites (N-methyl/N-ethyl adjacent to an activating group) is 1. The average Bonchev–Trinajstić information content (AvgIpc) is 2.99. The van der Waals surface area contributed by atoms with Crippen molar-refractivity contribution < 1.29 is 9.53 Å². The van der Waals surface area contributed by atoms with E-state index in [0.717, 1.165) is 21.3 Å². The lowest BCUT2D eigenvalue weighted by atomic mass is 10.1. The molecule has 1 saturated heterocycles. The van der Waals surface area contributed by atoms with Crippen molar-refractivity contribution in [2.45, 2.75) is 13.5 Å². The Hall–Kier alpha value is -2.70. The Morgan fingerprint density at radius 2 is 1.90 bits per heavy atom. The standard InChI is InChI=1S/C23H19BrN2O2S/c1-2-26-22(27)20(25-23(26)29)13-15-8-10-21(19(24)12-15)28-14-16-7-9-17-5-3-4-6-18(17)11-16/h3-13H,2,14H2,1H3,(H,25,29)/b20-13-. The molecule has 1 aliphatic rings. The molecule has 1 amide bonds. The van der Waals surface area contributed by atoms with Crippen molar-refractivity contribution in [3.05, 3.63) is 82.0 Å². The number of fused-ring (bicyclic) bond motifs is 1. The van der Waals surface area contributed by atoms with Crippen LogP contribution in [-0.4, -0.2) is 22.5 Å². The molecule has 0 bridgehead atoms. The summed E-state index contributed by atoms with van der Waals surface area (Å²) in [5.74, 6) is 0.641. The molecule has 1 fully saturated rings. The molecule has 6 heteroatoms. The molecule has 0 unspecified atom stereocenters. The zero-order valence-electron chi connectivity index (χ0n) is 15.8. The van der Waals surface area contributed by atoms with E-state index in [1.807, 2.05) is 37.3 Å². The Kier molecular flexibility index (Phi) is 5.65. The molecule has 3 aromatic carbocycles. The van der Waals surface area contributed by atoms with Gasteiger partial charge in [0.1, 0.15) is 18.1 Å². The third-order valence-electron chi connectivity index (χ3n) is 4.75. The Bertz CT molecular complexity index is 1140. The van der Waals surface area contributed by atoms with Crippen molar-refractivity contribution in [3.63, 3.8) is 0 Å². The number of carbonyl (C=O) groups is 1. The Balaban J connectivity index is 1.48. The average molecular weight is 467 g/mol. The van der Waals surface area contributed by atoms with E-state index in [4.69, 9.17) is 17.0 Å². The monoisotopic (exact) mass is 466 g/mol. The molecule has 0 atom stereocenters. The summed E-state index contributed by atoms with van der Waals surface area (Å²) in [7, 11) is 0. The first kappa shape index (κ1) is 19.6. The zero-order chi connectivity index (χ0) is 20.4. The maximum atomic E-state index is 12.3. The van der Waals surface area contributed by atoms with Gasteiger partial charge < -0.3 is 10.1 Å². The second-order valence-electron chi connectivity index (χ2n) is 6.70. The van der Waals surface area contributed by atoms with Crippen LogP contribution in [0.4, 0.5) is 0 Å². The Labute approximate surface area is 183 Å². The number of carbonyl (C=O) groups excluding carboxylic acids is 1. The molecule has 4 nitrogen and oxygen atoms in total. The van der Waals surface area contributed by atoms with Gasteiger partial charge in [0.05, 0.1) is 4.47 Å². The van der Waals surface area contributed by atoms with Crippen molar-refractivity contribution in [3.8, 4) is 5.75 Å². The fourth-order valence-electron chi connectivity index (χ4n) is 3.24. The van der Waals surface area contributed by atoms with Crippen LogP contribution in [0, 0.1) is 0 Å². The number of benzene rings is 3. The van der Waals surface area contributed by atoms with Gasteiger partial charge in [0.15, 0.2) is 5.11 Å². The van der Waals surface area contributed by atoms with E-state index < -0.39 is 0 Å². The quantitative estimate of drug-likeness (QED) is 0.411. The number of thiocarbonyl (C=S) groups is 1. The highest BCUT2D eigenvalue weighted by Crippen LogP contribution is 2.28. The molecule has 0 radical (unpaired) electrons. The van der Waals surface area contributed by atoms with E-state index >= 15 is 0 Å². The molecule has 3 aromatic rings. The highest BCUT2D eigenvalue weighted by Gasteiger charge is 2.28. The van der Waals surface area contributed by atoms with Crippen LogP contribution < -0.4 is 10.1 Å². The van der Waals surface area contributed by atoms with E-state index in [1.165, 1.54) is 15.7 Å². The number of rotatable bonds is 5. The van der Waals surface area contributed by atoms with Crippen molar-refractivity contribution in [1.29, 1.82) is 0 Å². The van der Waals surface area contributed by atoms with Crippen LogP contribution in [0.5, 0.6) is 5.75 Å². The summed E-state index contributed by atoms with van der Waals surface area (Å²) in [5.41, 5.74) is 2.47. The maximum absolute atomic E-state index is 12.3. The summed E-state index contributed by atoms with van der Waals surface area (Å²) in [6.45, 7) is 2.92. The van der Waals surface area contributed by atoms with Crippen molar-refractivity contribution in [1.82, 2.24) is 10.2 Å². The molecular formula is C23H19BrN2O2S. The first-order chi connectivity index (χ1) is 14.0. The summed E-state index contributed by atoms with van der Waals surface area (Å²) in [4.78, 5) is 13.9. The van der Waals surface area contributed by atoms with Crippen LogP contribution in [0.1, 0.15) is 18.1 Å². The van der Waals surface area contributed by atoms with E-state index in [1.54, 1.807) is 6.08 Å². The van der Waals surface area contributed by atoms with Gasteiger partial charge in [0, 0.05) is 6.54 Å². The lowest BCUT2D eigenvalue weighted by Crippen LogP contribution is -2.30. The highest BCUT2D eigenvalue weighted by molar-refractivity contribution is 9.10. The van der Waals surface area contributed by atoms with Gasteiger partial charge in [-0.05, 0) is 81.2 Å². The third-order valence-corrected chi connectivity index (χ3v) is 5.70. The number of halogens is 1. The second kappa shape index (κ2) is 8.35. The first-order valence-corrected chi connectivity index (χ1v) is 10.5. The molecule has 146 valence electrons. The number of nitrogens with zero attached hydrogens (tertiary/aromatic N) is 1. The van der Waals surface area contributed by atoms with E-state index in [0.29, 0.717) is 24.0 Å². The summed E-state index contributed by atoms with van der Waals surface area (Å²) >= 11 is 8.76. The minimum atomic E-state index is -0.106. The fourth-order valence-corrected chi connectivity index (χ4v) is 4.07. The molecule has 0 spiro atoms. The molecule has 1 aliphatic heterocycles. The normalized spacial score (nSPS) is 15.2. The van der Waals surface area contributed by atoms with Crippen LogP contribution in [0.15, 0.2) is 70.8 Å². The number of nitrogens with one attached hydrogen (secondary N) is 1. The second-order valence-corrected chi connectivity index (χ2v) is 7.94. The van der Waals surface area contributed by atoms with Crippen LogP contribution in [0.2, 0.25) is 0 Å². The topological polar surface area (TPSA) is 41.6 Å². The maximum Gasteiger partial charge on any atom is 0.276 e. The molecule has 0 aromatic heterocycles. The number of hydrogen-bond donors (Lipinski definition) is 1. The third kappa shape index (κ3) is 4.18. The van der Waals surface area contributed by atoms with Crippen LogP contribution in [-0.2, 0) is 11.4 Å². The minimum absolute atomic E-state index is 0.106. The van der Waals surface area contributed by atoms with Gasteiger partial charge >= 0.3 is 0 Å². The zero-order valence-corrected chi connectivity index (χ0v) is 18.2. The van der Waals surface area contributed by atoms with Gasteiger partial charge in [0.2, 0.25) is 0 Å². The molecule has 1 heterocycles. The molecule has 29 heavy (non-hydrogen) atoms. The Morgan fingerprint density at radius 1 is 1.10 bits per heavy atom. The summed E-state index contributed by atoms with van der Waals surface area (Å²) in [5, 5.41) is 5.82. The van der Waals surface area contributed by atoms with Gasteiger partial charge in [0.25, 0.3) is 5.91 Å². The number of hydrogen-bond acceptors (Lipinski definition) is 3. The van der Waals surface area contributed by atoms with Crippen molar-refractivity contribution in [2.24, 2.45) is 0 Å². The SMILES string of the molecule is CCN1C(=O)/C(=C/c2ccc(OCc3ccc4ccccc4c3)c(Br)c2)NC1=S. The van der Waals surface area contributed by atoms with Crippen LogP contribution in [0.25, 0.3) is 16.8 Å². The summed E-state index contributed by atoms with van der Waals surface area (Å²) < 4.78 is 6.82. The van der Waals surface area contributed by atoms with Crippen LogP contribution >= 0.6 is 28.1 Å². The van der Waals surface area contributed by atoms with E-state index in [2.05, 4.69) is 51.6 Å². The largest absolute Gasteiger partial charge is 0.488 e. The molecule has 1 N–H and O–H groups in total. The molecule has 0 saturated carbocycles. The Morgan fingerprint density at radius 3 is 2.62 bits per heavy atom. The van der Waals surface area contributed by atoms with Gasteiger partial charge in [-0.3, -0.25) is 9.69 Å². The summed E-state index contributed by atoms with van der Waals surface area (Å²) in [6, 6.07) is 20.3. The predicted molar refractivity (Wildman–Crippen MR) is 124 cm³/mol. The lowest BCUT2D eigenvalue weighted by molar-refractivity contribution is -0.122. The van der Waals surface area contributed by atoms with Gasteiger partial charge in [-0.25, -0.2) is 0 Å². The van der Waals surface area contributed by atoms with Crippen molar-refractivity contribution >= 4 is 56.0 Å². The molecule has 4 rings (SSSR count). The minimum Gasteiger partial charge on any atom is -0.488 e. The van der Waals surface area contributed by atoms with Gasteiger partial charge in [-0.2, -0.15) is 0 Å². The van der Waals surface area contributed by atoms with Crippen LogP contribution in [0.3, 0.4) is 0 Å². The van der Waals surface area contributed by atoms with E-state index in [9.17, 15) is 4.79 Å². The summed E-state index contributed by atoms with van der Waals surface area (Å²) in [6.07, 6.45) is 1.79. The predicted octanol–water partition coefficient (Wildman–Crippen LogP) is 5.26. The fraction of sp³-hybridized carbons (Fsp3) is 0.130. The number of ether oxygens (including phenoxy) is 1.